The van der Waals surface area contributed by atoms with E-state index < -0.39 is 34.5 Å². The number of amides is 1. The van der Waals surface area contributed by atoms with Crippen molar-refractivity contribution < 1.29 is 24.3 Å². The maximum absolute atomic E-state index is 13.8. The summed E-state index contributed by atoms with van der Waals surface area (Å²) >= 11 is 2.21. The number of hydrogen-bond donors (Lipinski definition) is 1. The number of thioether (sulfide) groups is 2. The normalized spacial score (nSPS) is 19.7. The summed E-state index contributed by atoms with van der Waals surface area (Å²) in [5.41, 5.74) is 2.34. The zero-order valence-corrected chi connectivity index (χ0v) is 22.2. The molecule has 0 aromatic heterocycles. The van der Waals surface area contributed by atoms with Gasteiger partial charge >= 0.3 is 5.97 Å². The molecule has 2 unspecified atom stereocenters. The van der Waals surface area contributed by atoms with E-state index in [9.17, 15) is 24.3 Å². The van der Waals surface area contributed by atoms with E-state index in [1.807, 2.05) is 24.3 Å². The summed E-state index contributed by atoms with van der Waals surface area (Å²) in [5.74, 6) is -2.51. The van der Waals surface area contributed by atoms with Gasteiger partial charge in [0.2, 0.25) is 5.91 Å². The maximum Gasteiger partial charge on any atom is 0.327 e. The molecule has 3 rings (SSSR count). The van der Waals surface area contributed by atoms with Crippen LogP contribution in [0.15, 0.2) is 54.6 Å². The van der Waals surface area contributed by atoms with Crippen molar-refractivity contribution >= 4 is 46.3 Å². The van der Waals surface area contributed by atoms with E-state index in [1.165, 1.54) is 23.6 Å². The molecule has 1 saturated heterocycles. The van der Waals surface area contributed by atoms with Gasteiger partial charge in [0.05, 0.1) is 11.2 Å². The minimum absolute atomic E-state index is 0.0378. The lowest BCUT2D eigenvalue weighted by Crippen LogP contribution is -2.48. The number of hydrogen-bond acceptors (Lipinski definition) is 6. The third kappa shape index (κ3) is 6.16. The molecule has 186 valence electrons. The quantitative estimate of drug-likeness (QED) is 0.510. The number of aliphatic carboxylic acids is 1. The summed E-state index contributed by atoms with van der Waals surface area (Å²) in [4.78, 5) is 52.5. The fourth-order valence-electron chi connectivity index (χ4n) is 4.06. The van der Waals surface area contributed by atoms with Gasteiger partial charge in [-0.3, -0.25) is 14.4 Å². The molecule has 1 amide bonds. The predicted octanol–water partition coefficient (Wildman–Crippen LogP) is 5.18. The Kier molecular flexibility index (Phi) is 8.49. The number of benzene rings is 2. The highest BCUT2D eigenvalue weighted by Gasteiger charge is 2.46. The average Bonchev–Trinajstić information content (AvgIpc) is 3.26. The fourth-order valence-corrected chi connectivity index (χ4v) is 6.41. The third-order valence-corrected chi connectivity index (χ3v) is 8.59. The number of nitrogens with zero attached hydrogens (tertiary/aromatic N) is 1. The number of carbonyl (C=O) groups is 4. The maximum atomic E-state index is 13.8. The number of Topliss-reactive ketones (excluding diaryl/α,β-unsaturated/α-hetero) is 1. The Morgan fingerprint density at radius 1 is 1.03 bits per heavy atom. The van der Waals surface area contributed by atoms with Crippen LogP contribution in [0.2, 0.25) is 0 Å². The SMILES string of the molecule is CC(=O)SC(C(=O)c1ccccc1)[C@@H](C)C(=O)N1C(c2ccc(C(C)(C)C)cc2)SC[C@H]1C(=O)O. The van der Waals surface area contributed by atoms with Gasteiger partial charge in [0.1, 0.15) is 11.4 Å². The summed E-state index contributed by atoms with van der Waals surface area (Å²) in [6.45, 7) is 9.30. The summed E-state index contributed by atoms with van der Waals surface area (Å²) < 4.78 is 0. The van der Waals surface area contributed by atoms with Crippen LogP contribution in [0.5, 0.6) is 0 Å². The monoisotopic (exact) mass is 513 g/mol. The first-order valence-electron chi connectivity index (χ1n) is 11.4. The van der Waals surface area contributed by atoms with Gasteiger partial charge in [0.15, 0.2) is 10.9 Å². The zero-order valence-electron chi connectivity index (χ0n) is 20.6. The minimum atomic E-state index is -1.09. The number of rotatable bonds is 7. The molecule has 1 N–H and O–H groups in total. The van der Waals surface area contributed by atoms with Gasteiger partial charge in [-0.1, -0.05) is 94.1 Å². The van der Waals surface area contributed by atoms with Crippen LogP contribution >= 0.6 is 23.5 Å². The predicted molar refractivity (Wildman–Crippen MR) is 141 cm³/mol. The average molecular weight is 514 g/mol. The Hall–Kier alpha value is -2.58. The zero-order chi connectivity index (χ0) is 25.9. The van der Waals surface area contributed by atoms with Gasteiger partial charge < -0.3 is 10.0 Å². The molecule has 6 nitrogen and oxygen atoms in total. The molecule has 4 atom stereocenters. The van der Waals surface area contributed by atoms with E-state index in [1.54, 1.807) is 37.3 Å². The van der Waals surface area contributed by atoms with Crippen molar-refractivity contribution in [3.8, 4) is 0 Å². The van der Waals surface area contributed by atoms with Crippen molar-refractivity contribution in [1.29, 1.82) is 0 Å². The topological polar surface area (TPSA) is 91.8 Å². The standard InChI is InChI=1S/C27H31NO5S2/c1-16(23(35-17(2)29)22(30)18-9-7-6-8-10-18)24(31)28-21(26(32)33)15-34-25(28)19-11-13-20(14-12-19)27(3,4)5/h6-14,16,21,23,25H,15H2,1-5H3,(H,32,33)/t16-,21+,23?,25?/m1/s1. The fraction of sp³-hybridized carbons (Fsp3) is 0.407. The Labute approximate surface area is 214 Å². The Morgan fingerprint density at radius 3 is 2.14 bits per heavy atom. The van der Waals surface area contributed by atoms with Gasteiger partial charge in [-0.15, -0.1) is 11.8 Å². The summed E-state index contributed by atoms with van der Waals surface area (Å²) in [5, 5.41) is 8.15. The molecule has 1 fully saturated rings. The Morgan fingerprint density at radius 2 is 1.63 bits per heavy atom. The van der Waals surface area contributed by atoms with Crippen molar-refractivity contribution in [3.63, 3.8) is 0 Å². The van der Waals surface area contributed by atoms with Gasteiger partial charge in [0.25, 0.3) is 0 Å². The van der Waals surface area contributed by atoms with Crippen LogP contribution < -0.4 is 0 Å². The van der Waals surface area contributed by atoms with Crippen LogP contribution in [0, 0.1) is 5.92 Å². The second-order valence-electron chi connectivity index (χ2n) is 9.71. The first kappa shape index (κ1) is 27.0. The molecule has 1 aliphatic rings. The molecule has 0 aliphatic carbocycles. The second kappa shape index (κ2) is 11.0. The number of carboxylic acid groups (broad SMARTS) is 1. The first-order valence-corrected chi connectivity index (χ1v) is 13.4. The van der Waals surface area contributed by atoms with Gasteiger partial charge in [-0.05, 0) is 16.5 Å². The smallest absolute Gasteiger partial charge is 0.327 e. The molecule has 0 saturated carbocycles. The molecular weight excluding hydrogens is 482 g/mol. The van der Waals surface area contributed by atoms with E-state index in [4.69, 9.17) is 0 Å². The highest BCUT2D eigenvalue weighted by Crippen LogP contribution is 2.43. The molecule has 0 spiro atoms. The number of carbonyl (C=O) groups excluding carboxylic acids is 3. The highest BCUT2D eigenvalue weighted by molar-refractivity contribution is 8.14. The lowest BCUT2D eigenvalue weighted by atomic mass is 9.86. The van der Waals surface area contributed by atoms with Crippen LogP contribution in [-0.2, 0) is 19.8 Å². The molecule has 8 heteroatoms. The molecule has 1 aliphatic heterocycles. The molecule has 1 heterocycles. The van der Waals surface area contributed by atoms with Crippen LogP contribution in [0.25, 0.3) is 0 Å². The first-order chi connectivity index (χ1) is 16.4. The van der Waals surface area contributed by atoms with Crippen molar-refractivity contribution in [1.82, 2.24) is 4.90 Å². The summed E-state index contributed by atoms with van der Waals surface area (Å²) in [7, 11) is 0. The van der Waals surface area contributed by atoms with E-state index >= 15 is 0 Å². The molecule has 0 radical (unpaired) electrons. The highest BCUT2D eigenvalue weighted by atomic mass is 32.2. The van der Waals surface area contributed by atoms with Crippen molar-refractivity contribution in [2.45, 2.75) is 56.7 Å². The summed E-state index contributed by atoms with van der Waals surface area (Å²) in [6, 6.07) is 15.4. The molecule has 35 heavy (non-hydrogen) atoms. The van der Waals surface area contributed by atoms with Gasteiger partial charge in [0, 0.05) is 18.2 Å². The van der Waals surface area contributed by atoms with Gasteiger partial charge in [-0.2, -0.15) is 0 Å². The van der Waals surface area contributed by atoms with E-state index in [2.05, 4.69) is 20.8 Å². The largest absolute Gasteiger partial charge is 0.480 e. The molecular formula is C27H31NO5S2. The minimum Gasteiger partial charge on any atom is -0.480 e. The molecule has 2 aromatic rings. The van der Waals surface area contributed by atoms with Crippen LogP contribution in [-0.4, -0.2) is 49.8 Å². The van der Waals surface area contributed by atoms with Gasteiger partial charge in [-0.25, -0.2) is 4.79 Å². The second-order valence-corrected chi connectivity index (χ2v) is 12.1. The van der Waals surface area contributed by atoms with Crippen LogP contribution in [0.1, 0.15) is 61.5 Å². The van der Waals surface area contributed by atoms with E-state index in [-0.39, 0.29) is 22.1 Å². The Bertz CT molecular complexity index is 1090. The number of carboxylic acids is 1. The molecule has 2 aromatic carbocycles. The molecule has 0 bridgehead atoms. The number of ketones is 1. The lowest BCUT2D eigenvalue weighted by molar-refractivity contribution is -0.150. The van der Waals surface area contributed by atoms with Crippen molar-refractivity contribution in [2.24, 2.45) is 5.92 Å². The third-order valence-electron chi connectivity index (χ3n) is 6.06. The van der Waals surface area contributed by atoms with Crippen molar-refractivity contribution in [2.75, 3.05) is 5.75 Å². The Balaban J connectivity index is 1.95. The van der Waals surface area contributed by atoms with E-state index in [0.29, 0.717) is 5.56 Å². The van der Waals surface area contributed by atoms with E-state index in [0.717, 1.165) is 22.9 Å². The van der Waals surface area contributed by atoms with Crippen LogP contribution in [0.3, 0.4) is 0 Å². The lowest BCUT2D eigenvalue weighted by Gasteiger charge is -2.32. The van der Waals surface area contributed by atoms with Crippen molar-refractivity contribution in [3.05, 3.63) is 71.3 Å². The summed E-state index contributed by atoms with van der Waals surface area (Å²) in [6.07, 6.45) is 0. The van der Waals surface area contributed by atoms with Crippen LogP contribution in [0.4, 0.5) is 0 Å².